The zero-order chi connectivity index (χ0) is 20.8. The summed E-state index contributed by atoms with van der Waals surface area (Å²) in [5, 5.41) is 7.99. The summed E-state index contributed by atoms with van der Waals surface area (Å²) in [6.07, 6.45) is 5.20. The van der Waals surface area contributed by atoms with Crippen LogP contribution in [0.1, 0.15) is 31.5 Å². The van der Waals surface area contributed by atoms with Gasteiger partial charge in [0.15, 0.2) is 5.96 Å². The molecular weight excluding hydrogens is 523 g/mol. The number of benzene rings is 1. The maximum Gasteiger partial charge on any atom is 0.345 e. The number of thioether (sulfide) groups is 1. The van der Waals surface area contributed by atoms with Crippen LogP contribution in [0.3, 0.4) is 0 Å². The first-order chi connectivity index (χ1) is 14.7. The van der Waals surface area contributed by atoms with Gasteiger partial charge in [-0.1, -0.05) is 18.2 Å². The summed E-state index contributed by atoms with van der Waals surface area (Å²) in [4.78, 5) is 20.6. The van der Waals surface area contributed by atoms with E-state index in [4.69, 9.17) is 0 Å². The maximum atomic E-state index is 12.4. The number of likely N-dealkylation sites (tertiary alicyclic amines) is 1. The maximum absolute atomic E-state index is 12.4. The SMILES string of the molecule is CN=C(NCCCn1nc2n(c1=O)CCCC2)N1CCC(CSc2ccccc2)C1.I. The van der Waals surface area contributed by atoms with E-state index in [9.17, 15) is 4.79 Å². The zero-order valence-corrected chi connectivity index (χ0v) is 21.3. The highest BCUT2D eigenvalue weighted by Gasteiger charge is 2.24. The fourth-order valence-electron chi connectivity index (χ4n) is 4.25. The summed E-state index contributed by atoms with van der Waals surface area (Å²) in [5.74, 6) is 3.75. The average molecular weight is 557 g/mol. The highest BCUT2D eigenvalue weighted by Crippen LogP contribution is 2.25. The molecule has 1 aromatic heterocycles. The largest absolute Gasteiger partial charge is 0.356 e. The molecule has 1 fully saturated rings. The number of aromatic nitrogens is 3. The Morgan fingerprint density at radius 2 is 2.10 bits per heavy atom. The molecule has 1 aromatic carbocycles. The lowest BCUT2D eigenvalue weighted by atomic mass is 10.2. The molecular formula is C22H33IN6OS. The monoisotopic (exact) mass is 556 g/mol. The molecule has 31 heavy (non-hydrogen) atoms. The van der Waals surface area contributed by atoms with Crippen LogP contribution < -0.4 is 11.0 Å². The zero-order valence-electron chi connectivity index (χ0n) is 18.2. The minimum Gasteiger partial charge on any atom is -0.356 e. The molecule has 1 N–H and O–H groups in total. The Labute approximate surface area is 205 Å². The van der Waals surface area contributed by atoms with Crippen LogP contribution in [0.15, 0.2) is 45.0 Å². The Morgan fingerprint density at radius 3 is 2.87 bits per heavy atom. The number of nitrogens with one attached hydrogen (secondary N) is 1. The van der Waals surface area contributed by atoms with E-state index in [1.165, 1.54) is 11.3 Å². The molecule has 4 rings (SSSR count). The van der Waals surface area contributed by atoms with Crippen LogP contribution in [0, 0.1) is 5.92 Å². The molecule has 0 bridgehead atoms. The Bertz CT molecular complexity index is 912. The van der Waals surface area contributed by atoms with Gasteiger partial charge in [-0.15, -0.1) is 35.7 Å². The standard InChI is InChI=1S/C22H32N6OS.HI/c1-23-21(26-15-11-18(16-26)17-30-19-8-3-2-4-9-19)24-12-7-14-28-22(29)27-13-6-5-10-20(27)25-28;/h2-4,8-9,18H,5-7,10-17H2,1H3,(H,23,24);1H. The molecule has 7 nitrogen and oxygen atoms in total. The summed E-state index contributed by atoms with van der Waals surface area (Å²) in [7, 11) is 1.85. The molecule has 2 aromatic rings. The van der Waals surface area contributed by atoms with Crippen molar-refractivity contribution in [1.29, 1.82) is 0 Å². The van der Waals surface area contributed by atoms with Gasteiger partial charge in [-0.2, -0.15) is 5.10 Å². The van der Waals surface area contributed by atoms with E-state index >= 15 is 0 Å². The second kappa shape index (κ2) is 11.9. The minimum atomic E-state index is 0. The van der Waals surface area contributed by atoms with Crippen LogP contribution in [0.2, 0.25) is 0 Å². The van der Waals surface area contributed by atoms with Crippen molar-refractivity contribution in [2.75, 3.05) is 32.4 Å². The number of hydrogen-bond donors (Lipinski definition) is 1. The van der Waals surface area contributed by atoms with Crippen molar-refractivity contribution in [2.24, 2.45) is 10.9 Å². The molecule has 0 radical (unpaired) electrons. The first kappa shape index (κ1) is 24.2. The second-order valence-corrected chi connectivity index (χ2v) is 9.18. The van der Waals surface area contributed by atoms with E-state index < -0.39 is 0 Å². The lowest BCUT2D eigenvalue weighted by molar-refractivity contribution is 0.467. The van der Waals surface area contributed by atoms with E-state index in [1.807, 2.05) is 23.4 Å². The van der Waals surface area contributed by atoms with Crippen LogP contribution >= 0.6 is 35.7 Å². The number of halogens is 1. The Balaban J connectivity index is 0.00000272. The van der Waals surface area contributed by atoms with Crippen molar-refractivity contribution >= 4 is 41.7 Å². The van der Waals surface area contributed by atoms with Crippen LogP contribution in [0.5, 0.6) is 0 Å². The summed E-state index contributed by atoms with van der Waals surface area (Å²) in [6, 6.07) is 10.6. The number of guanidine groups is 1. The number of fused-ring (bicyclic) bond motifs is 1. The number of hydrogen-bond acceptors (Lipinski definition) is 4. The smallest absolute Gasteiger partial charge is 0.345 e. The molecule has 2 aliphatic rings. The molecule has 0 aliphatic carbocycles. The van der Waals surface area contributed by atoms with E-state index in [0.717, 1.165) is 69.4 Å². The fourth-order valence-corrected chi connectivity index (χ4v) is 5.30. The molecule has 9 heteroatoms. The van der Waals surface area contributed by atoms with E-state index in [0.29, 0.717) is 12.5 Å². The molecule has 0 saturated carbocycles. The van der Waals surface area contributed by atoms with Crippen LogP contribution in [0.25, 0.3) is 0 Å². The van der Waals surface area contributed by atoms with Crippen LogP contribution in [-0.4, -0.2) is 57.6 Å². The highest BCUT2D eigenvalue weighted by molar-refractivity contribution is 14.0. The third kappa shape index (κ3) is 6.27. The van der Waals surface area contributed by atoms with Crippen molar-refractivity contribution in [1.82, 2.24) is 24.6 Å². The third-order valence-electron chi connectivity index (χ3n) is 5.89. The molecule has 0 spiro atoms. The normalized spacial score (nSPS) is 18.5. The van der Waals surface area contributed by atoms with Crippen molar-refractivity contribution in [3.05, 3.63) is 46.6 Å². The average Bonchev–Trinajstić information content (AvgIpc) is 3.38. The van der Waals surface area contributed by atoms with Crippen molar-refractivity contribution < 1.29 is 0 Å². The van der Waals surface area contributed by atoms with E-state index in [2.05, 4.69) is 50.6 Å². The topological polar surface area (TPSA) is 67.5 Å². The minimum absolute atomic E-state index is 0. The van der Waals surface area contributed by atoms with E-state index in [1.54, 1.807) is 4.68 Å². The predicted molar refractivity (Wildman–Crippen MR) is 138 cm³/mol. The molecule has 1 saturated heterocycles. The fraction of sp³-hybridized carbons (Fsp3) is 0.591. The summed E-state index contributed by atoms with van der Waals surface area (Å²) in [5.41, 5.74) is 0.0485. The lowest BCUT2D eigenvalue weighted by Crippen LogP contribution is -2.41. The molecule has 2 aliphatic heterocycles. The Morgan fingerprint density at radius 1 is 1.26 bits per heavy atom. The van der Waals surface area contributed by atoms with Crippen LogP contribution in [0.4, 0.5) is 0 Å². The summed E-state index contributed by atoms with van der Waals surface area (Å²) < 4.78 is 3.48. The van der Waals surface area contributed by atoms with Gasteiger partial charge < -0.3 is 10.2 Å². The molecule has 3 heterocycles. The number of rotatable bonds is 7. The van der Waals surface area contributed by atoms with Crippen molar-refractivity contribution in [2.45, 2.75) is 50.1 Å². The van der Waals surface area contributed by atoms with Crippen LogP contribution in [-0.2, 0) is 19.5 Å². The van der Waals surface area contributed by atoms with E-state index in [-0.39, 0.29) is 29.7 Å². The first-order valence-corrected chi connectivity index (χ1v) is 12.0. The van der Waals surface area contributed by atoms with Gasteiger partial charge in [0.05, 0.1) is 0 Å². The molecule has 170 valence electrons. The number of aliphatic imine (C=N–C) groups is 1. The Kier molecular flexibility index (Phi) is 9.30. The van der Waals surface area contributed by atoms with Gasteiger partial charge in [0.2, 0.25) is 0 Å². The molecule has 0 amide bonds. The molecule has 1 atom stereocenters. The van der Waals surface area contributed by atoms with Crippen molar-refractivity contribution in [3.8, 4) is 0 Å². The van der Waals surface area contributed by atoms with Gasteiger partial charge in [-0.3, -0.25) is 9.56 Å². The number of nitrogens with zero attached hydrogens (tertiary/aromatic N) is 5. The summed E-state index contributed by atoms with van der Waals surface area (Å²) in [6.45, 7) is 4.36. The highest BCUT2D eigenvalue weighted by atomic mass is 127. The van der Waals surface area contributed by atoms with Gasteiger partial charge in [0, 0.05) is 56.8 Å². The van der Waals surface area contributed by atoms with Gasteiger partial charge in [-0.25, -0.2) is 9.48 Å². The second-order valence-electron chi connectivity index (χ2n) is 8.08. The number of aryl methyl sites for hydroxylation is 2. The predicted octanol–water partition coefficient (Wildman–Crippen LogP) is 3.08. The van der Waals surface area contributed by atoms with Gasteiger partial charge in [0.1, 0.15) is 5.82 Å². The summed E-state index contributed by atoms with van der Waals surface area (Å²) >= 11 is 1.94. The van der Waals surface area contributed by atoms with Crippen molar-refractivity contribution in [3.63, 3.8) is 0 Å². The van der Waals surface area contributed by atoms with Gasteiger partial charge >= 0.3 is 5.69 Å². The van der Waals surface area contributed by atoms with Gasteiger partial charge in [-0.05, 0) is 43.7 Å². The third-order valence-corrected chi connectivity index (χ3v) is 7.13. The molecule has 1 unspecified atom stereocenters. The lowest BCUT2D eigenvalue weighted by Gasteiger charge is -2.21. The first-order valence-electron chi connectivity index (χ1n) is 11.0. The Hall–Kier alpha value is -1.49. The quantitative estimate of drug-likeness (QED) is 0.187. The van der Waals surface area contributed by atoms with Gasteiger partial charge in [0.25, 0.3) is 0 Å².